The molecule has 0 aliphatic heterocycles. The summed E-state index contributed by atoms with van der Waals surface area (Å²) in [6.07, 6.45) is 4.97. The molecular weight excluding hydrogens is 356 g/mol. The Hall–Kier alpha value is -0.0200. The van der Waals surface area contributed by atoms with Crippen molar-refractivity contribution in [2.24, 2.45) is 0 Å². The highest BCUT2D eigenvalue weighted by Crippen LogP contribution is 2.29. The highest BCUT2D eigenvalue weighted by molar-refractivity contribution is 9.08. The minimum absolute atomic E-state index is 0.822. The van der Waals surface area contributed by atoms with Gasteiger partial charge in [0.2, 0.25) is 0 Å². The summed E-state index contributed by atoms with van der Waals surface area (Å²) >= 11 is 7.09. The van der Waals surface area contributed by atoms with E-state index in [9.17, 15) is 0 Å². The lowest BCUT2D eigenvalue weighted by Gasteiger charge is -2.15. The summed E-state index contributed by atoms with van der Waals surface area (Å²) in [5.41, 5.74) is 3.79. The van der Waals surface area contributed by atoms with E-state index in [-0.39, 0.29) is 0 Å². The fourth-order valence-corrected chi connectivity index (χ4v) is 2.85. The molecule has 0 spiro atoms. The van der Waals surface area contributed by atoms with Gasteiger partial charge in [0.1, 0.15) is 5.75 Å². The first-order chi connectivity index (χ1) is 8.72. The molecule has 0 aliphatic carbocycles. The molecule has 0 saturated heterocycles. The number of halogens is 2. The van der Waals surface area contributed by atoms with Gasteiger partial charge in [-0.1, -0.05) is 75.7 Å². The highest BCUT2D eigenvalue weighted by Gasteiger charge is 2.09. The fraction of sp³-hybridized carbons (Fsp3) is 0.600. The second kappa shape index (κ2) is 8.98. The zero-order valence-electron chi connectivity index (χ0n) is 11.3. The number of hydrogen-bond donors (Lipinski definition) is 0. The maximum Gasteiger partial charge on any atom is 0.127 e. The molecule has 0 atom stereocenters. The molecule has 0 unspecified atom stereocenters. The number of alkyl halides is 2. The normalized spacial score (nSPS) is 10.7. The maximum absolute atomic E-state index is 5.99. The van der Waals surface area contributed by atoms with E-state index in [2.05, 4.69) is 57.8 Å². The van der Waals surface area contributed by atoms with E-state index in [1.165, 1.54) is 36.0 Å². The SMILES string of the molecule is CCCCCCOc1c(CBr)cc(C)cc1CBr. The number of rotatable bonds is 8. The van der Waals surface area contributed by atoms with Crippen LogP contribution in [0.2, 0.25) is 0 Å². The minimum atomic E-state index is 0.822. The van der Waals surface area contributed by atoms with Crippen LogP contribution in [0.25, 0.3) is 0 Å². The van der Waals surface area contributed by atoms with E-state index in [1.54, 1.807) is 0 Å². The van der Waals surface area contributed by atoms with E-state index in [0.29, 0.717) is 0 Å². The van der Waals surface area contributed by atoms with E-state index in [1.807, 2.05) is 0 Å². The van der Waals surface area contributed by atoms with Crippen molar-refractivity contribution in [3.63, 3.8) is 0 Å². The Kier molecular flexibility index (Phi) is 8.00. The Morgan fingerprint density at radius 3 is 2.11 bits per heavy atom. The zero-order valence-corrected chi connectivity index (χ0v) is 14.4. The van der Waals surface area contributed by atoms with Gasteiger partial charge in [0.05, 0.1) is 6.61 Å². The van der Waals surface area contributed by atoms with Crippen LogP contribution in [0.15, 0.2) is 12.1 Å². The average Bonchev–Trinajstić information content (AvgIpc) is 2.39. The molecule has 0 fully saturated rings. The van der Waals surface area contributed by atoms with Crippen LogP contribution in [0.4, 0.5) is 0 Å². The van der Waals surface area contributed by atoms with Crippen molar-refractivity contribution in [2.75, 3.05) is 6.61 Å². The van der Waals surface area contributed by atoms with Gasteiger partial charge in [0.15, 0.2) is 0 Å². The van der Waals surface area contributed by atoms with Crippen molar-refractivity contribution in [1.29, 1.82) is 0 Å². The van der Waals surface area contributed by atoms with Crippen molar-refractivity contribution in [1.82, 2.24) is 0 Å². The van der Waals surface area contributed by atoms with Crippen molar-refractivity contribution in [2.45, 2.75) is 50.2 Å². The quantitative estimate of drug-likeness (QED) is 0.414. The first kappa shape index (κ1) is 16.0. The van der Waals surface area contributed by atoms with Gasteiger partial charge in [-0.05, 0) is 13.3 Å². The maximum atomic E-state index is 5.99. The third-order valence-electron chi connectivity index (χ3n) is 2.92. The smallest absolute Gasteiger partial charge is 0.127 e. The van der Waals surface area contributed by atoms with Gasteiger partial charge in [-0.25, -0.2) is 0 Å². The van der Waals surface area contributed by atoms with Gasteiger partial charge >= 0.3 is 0 Å². The first-order valence-electron chi connectivity index (χ1n) is 6.60. The fourth-order valence-electron chi connectivity index (χ4n) is 2.02. The molecule has 0 aliphatic rings. The third kappa shape index (κ3) is 4.93. The van der Waals surface area contributed by atoms with E-state index < -0.39 is 0 Å². The van der Waals surface area contributed by atoms with Crippen LogP contribution in [0.3, 0.4) is 0 Å². The van der Waals surface area contributed by atoms with Crippen LogP contribution >= 0.6 is 31.9 Å². The molecule has 0 amide bonds. The lowest BCUT2D eigenvalue weighted by molar-refractivity contribution is 0.301. The number of ether oxygens (including phenoxy) is 1. The molecule has 1 nitrogen and oxygen atoms in total. The lowest BCUT2D eigenvalue weighted by atomic mass is 10.1. The molecule has 1 rings (SSSR count). The van der Waals surface area contributed by atoms with Gasteiger partial charge in [-0.3, -0.25) is 0 Å². The standard InChI is InChI=1S/C15H22Br2O/c1-3-4-5-6-7-18-15-13(10-16)8-12(2)9-14(15)11-17/h8-9H,3-7,10-11H2,1-2H3. The van der Waals surface area contributed by atoms with Crippen LogP contribution in [0.5, 0.6) is 5.75 Å². The largest absolute Gasteiger partial charge is 0.493 e. The lowest BCUT2D eigenvalue weighted by Crippen LogP contribution is -2.03. The van der Waals surface area contributed by atoms with Gasteiger partial charge in [0, 0.05) is 21.8 Å². The average molecular weight is 378 g/mol. The van der Waals surface area contributed by atoms with E-state index >= 15 is 0 Å². The molecule has 0 heterocycles. The van der Waals surface area contributed by atoms with E-state index in [4.69, 9.17) is 4.74 Å². The van der Waals surface area contributed by atoms with Crippen molar-refractivity contribution in [3.8, 4) is 5.75 Å². The van der Waals surface area contributed by atoms with Crippen molar-refractivity contribution < 1.29 is 4.74 Å². The van der Waals surface area contributed by atoms with Crippen LogP contribution in [-0.2, 0) is 10.7 Å². The molecular formula is C15H22Br2O. The number of hydrogen-bond acceptors (Lipinski definition) is 1. The van der Waals surface area contributed by atoms with Crippen LogP contribution in [-0.4, -0.2) is 6.61 Å². The topological polar surface area (TPSA) is 9.23 Å². The number of unbranched alkanes of at least 4 members (excludes halogenated alkanes) is 3. The van der Waals surface area contributed by atoms with Crippen molar-refractivity contribution >= 4 is 31.9 Å². The van der Waals surface area contributed by atoms with Gasteiger partial charge in [0.25, 0.3) is 0 Å². The van der Waals surface area contributed by atoms with Crippen molar-refractivity contribution in [3.05, 3.63) is 28.8 Å². The molecule has 0 saturated carbocycles. The molecule has 18 heavy (non-hydrogen) atoms. The summed E-state index contributed by atoms with van der Waals surface area (Å²) in [6, 6.07) is 4.39. The van der Waals surface area contributed by atoms with E-state index in [0.717, 1.165) is 29.4 Å². The summed E-state index contributed by atoms with van der Waals surface area (Å²) in [5.74, 6) is 1.06. The molecule has 1 aromatic carbocycles. The first-order valence-corrected chi connectivity index (χ1v) is 8.84. The molecule has 0 aromatic heterocycles. The third-order valence-corrected chi connectivity index (χ3v) is 4.13. The predicted molar refractivity (Wildman–Crippen MR) is 86.1 cm³/mol. The molecule has 3 heteroatoms. The Morgan fingerprint density at radius 2 is 1.61 bits per heavy atom. The van der Waals surface area contributed by atoms with Crippen LogP contribution in [0.1, 0.15) is 49.3 Å². The second-order valence-electron chi connectivity index (χ2n) is 4.59. The highest BCUT2D eigenvalue weighted by atomic mass is 79.9. The Labute approximate surface area is 128 Å². The van der Waals surface area contributed by atoms with Gasteiger partial charge < -0.3 is 4.74 Å². The summed E-state index contributed by atoms with van der Waals surface area (Å²) in [7, 11) is 0. The summed E-state index contributed by atoms with van der Waals surface area (Å²) in [6.45, 7) is 5.18. The number of aryl methyl sites for hydroxylation is 1. The Balaban J connectivity index is 2.67. The van der Waals surface area contributed by atoms with Gasteiger partial charge in [-0.2, -0.15) is 0 Å². The Morgan fingerprint density at radius 1 is 1.00 bits per heavy atom. The summed E-state index contributed by atoms with van der Waals surface area (Å²) < 4.78 is 5.99. The predicted octanol–water partition coefficient (Wildman–Crippen LogP) is 5.74. The minimum Gasteiger partial charge on any atom is -0.493 e. The monoisotopic (exact) mass is 376 g/mol. The second-order valence-corrected chi connectivity index (χ2v) is 5.71. The Bertz CT molecular complexity index is 339. The van der Waals surface area contributed by atoms with Crippen LogP contribution < -0.4 is 4.74 Å². The number of benzene rings is 1. The zero-order chi connectivity index (χ0) is 13.4. The molecule has 0 radical (unpaired) electrons. The molecule has 0 bridgehead atoms. The molecule has 102 valence electrons. The summed E-state index contributed by atoms with van der Waals surface area (Å²) in [4.78, 5) is 0. The molecule has 1 aromatic rings. The van der Waals surface area contributed by atoms with Gasteiger partial charge in [-0.15, -0.1) is 0 Å². The summed E-state index contributed by atoms with van der Waals surface area (Å²) in [5, 5.41) is 1.69. The van der Waals surface area contributed by atoms with Crippen LogP contribution in [0, 0.1) is 6.92 Å². The molecule has 0 N–H and O–H groups in total.